The number of carbonyl (C=O) groups is 1. The van der Waals surface area contributed by atoms with E-state index in [1.165, 1.54) is 25.0 Å². The van der Waals surface area contributed by atoms with Crippen LogP contribution in [0.15, 0.2) is 30.3 Å². The van der Waals surface area contributed by atoms with Crippen LogP contribution in [0.25, 0.3) is 0 Å². The highest BCUT2D eigenvalue weighted by molar-refractivity contribution is 5.89. The number of piperazine rings is 1. The van der Waals surface area contributed by atoms with Crippen LogP contribution in [0.4, 0.5) is 26.6 Å². The molecule has 4 rings (SSSR count). The molecule has 0 atom stereocenters. The number of benzene rings is 1. The van der Waals surface area contributed by atoms with Gasteiger partial charge in [0.15, 0.2) is 0 Å². The summed E-state index contributed by atoms with van der Waals surface area (Å²) in [7, 11) is 0. The molecule has 2 saturated heterocycles. The van der Waals surface area contributed by atoms with Crippen LogP contribution in [-0.2, 0) is 0 Å². The predicted molar refractivity (Wildman–Crippen MR) is 107 cm³/mol. The monoisotopic (exact) mass is 384 g/mol. The van der Waals surface area contributed by atoms with Crippen LogP contribution in [0.5, 0.6) is 0 Å². The summed E-state index contributed by atoms with van der Waals surface area (Å²) in [5.74, 6) is 1.41. The highest BCUT2D eigenvalue weighted by Gasteiger charge is 2.24. The van der Waals surface area contributed by atoms with Gasteiger partial charge in [0.05, 0.1) is 0 Å². The topological polar surface area (TPSA) is 64.6 Å². The van der Waals surface area contributed by atoms with E-state index in [1.807, 2.05) is 13.0 Å². The molecule has 2 aliphatic heterocycles. The summed E-state index contributed by atoms with van der Waals surface area (Å²) in [5, 5.41) is 2.81. The number of carbonyl (C=O) groups excluding carboxylic acids is 1. The van der Waals surface area contributed by atoms with Crippen molar-refractivity contribution >= 4 is 23.5 Å². The lowest BCUT2D eigenvalue weighted by Gasteiger charge is -2.35. The van der Waals surface area contributed by atoms with Gasteiger partial charge in [0.25, 0.3) is 0 Å². The third kappa shape index (κ3) is 4.16. The highest BCUT2D eigenvalue weighted by atomic mass is 19.1. The molecule has 2 aliphatic rings. The lowest BCUT2D eigenvalue weighted by atomic mass is 10.3. The molecule has 28 heavy (non-hydrogen) atoms. The van der Waals surface area contributed by atoms with Crippen molar-refractivity contribution in [2.45, 2.75) is 19.8 Å². The van der Waals surface area contributed by atoms with Crippen molar-refractivity contribution in [1.29, 1.82) is 0 Å². The summed E-state index contributed by atoms with van der Waals surface area (Å²) in [6, 6.07) is 7.66. The molecular weight excluding hydrogens is 359 g/mol. The maximum Gasteiger partial charge on any atom is 0.321 e. The van der Waals surface area contributed by atoms with E-state index in [4.69, 9.17) is 4.98 Å². The molecule has 1 aromatic heterocycles. The molecule has 2 fully saturated rings. The average Bonchev–Trinajstić information content (AvgIpc) is 3.24. The number of amides is 2. The molecule has 2 amide bonds. The van der Waals surface area contributed by atoms with Crippen LogP contribution in [0.3, 0.4) is 0 Å². The maximum absolute atomic E-state index is 13.0. The first-order valence-corrected chi connectivity index (χ1v) is 9.75. The van der Waals surface area contributed by atoms with Crippen molar-refractivity contribution < 1.29 is 9.18 Å². The SMILES string of the molecule is Cc1cc(N2CCCC2)nc(N2CCN(C(=O)Nc3ccc(F)cc3)CC2)n1. The number of hydrogen-bond donors (Lipinski definition) is 1. The fourth-order valence-electron chi connectivity index (χ4n) is 3.63. The molecule has 0 radical (unpaired) electrons. The molecule has 0 bridgehead atoms. The van der Waals surface area contributed by atoms with Gasteiger partial charge in [0.1, 0.15) is 11.6 Å². The van der Waals surface area contributed by atoms with Crippen LogP contribution in [0.2, 0.25) is 0 Å². The van der Waals surface area contributed by atoms with E-state index < -0.39 is 0 Å². The number of rotatable bonds is 3. The third-order valence-electron chi connectivity index (χ3n) is 5.20. The van der Waals surface area contributed by atoms with Crippen LogP contribution in [-0.4, -0.2) is 60.2 Å². The number of nitrogens with one attached hydrogen (secondary N) is 1. The summed E-state index contributed by atoms with van der Waals surface area (Å²) in [6.07, 6.45) is 2.42. The van der Waals surface area contributed by atoms with Crippen LogP contribution >= 0.6 is 0 Å². The van der Waals surface area contributed by atoms with Crippen LogP contribution in [0.1, 0.15) is 18.5 Å². The Morgan fingerprint density at radius 3 is 2.32 bits per heavy atom. The first kappa shape index (κ1) is 18.5. The second-order valence-corrected chi connectivity index (χ2v) is 7.27. The number of hydrogen-bond acceptors (Lipinski definition) is 5. The average molecular weight is 384 g/mol. The summed E-state index contributed by atoms with van der Waals surface area (Å²) >= 11 is 0. The maximum atomic E-state index is 13.0. The van der Waals surface area contributed by atoms with Gasteiger partial charge in [-0.1, -0.05) is 0 Å². The van der Waals surface area contributed by atoms with Gasteiger partial charge in [-0.3, -0.25) is 0 Å². The smallest absolute Gasteiger partial charge is 0.321 e. The molecule has 8 heteroatoms. The molecule has 0 spiro atoms. The number of anilines is 3. The highest BCUT2D eigenvalue weighted by Crippen LogP contribution is 2.22. The number of urea groups is 1. The van der Waals surface area contributed by atoms with Crippen molar-refractivity contribution in [3.63, 3.8) is 0 Å². The van der Waals surface area contributed by atoms with E-state index in [1.54, 1.807) is 17.0 Å². The lowest BCUT2D eigenvalue weighted by molar-refractivity contribution is 0.208. The number of halogens is 1. The van der Waals surface area contributed by atoms with Crippen molar-refractivity contribution in [2.75, 3.05) is 54.4 Å². The van der Waals surface area contributed by atoms with Crippen LogP contribution in [0, 0.1) is 12.7 Å². The van der Waals surface area contributed by atoms with Crippen LogP contribution < -0.4 is 15.1 Å². The minimum atomic E-state index is -0.321. The fourth-order valence-corrected chi connectivity index (χ4v) is 3.63. The Kier molecular flexibility index (Phi) is 5.27. The van der Waals surface area contributed by atoms with Gasteiger partial charge in [-0.15, -0.1) is 0 Å². The Balaban J connectivity index is 1.37. The Morgan fingerprint density at radius 1 is 0.964 bits per heavy atom. The number of nitrogens with zero attached hydrogens (tertiary/aromatic N) is 5. The molecule has 2 aromatic rings. The zero-order chi connectivity index (χ0) is 19.5. The van der Waals surface area contributed by atoms with Crippen molar-refractivity contribution in [3.8, 4) is 0 Å². The molecule has 148 valence electrons. The quantitative estimate of drug-likeness (QED) is 0.882. The zero-order valence-corrected chi connectivity index (χ0v) is 16.1. The molecule has 0 unspecified atom stereocenters. The van der Waals surface area contributed by atoms with E-state index in [-0.39, 0.29) is 11.8 Å². The first-order valence-electron chi connectivity index (χ1n) is 9.75. The third-order valence-corrected chi connectivity index (χ3v) is 5.20. The van der Waals surface area contributed by atoms with E-state index in [2.05, 4.69) is 20.1 Å². The molecule has 0 aliphatic carbocycles. The first-order chi connectivity index (χ1) is 13.6. The van der Waals surface area contributed by atoms with Gasteiger partial charge >= 0.3 is 6.03 Å². The van der Waals surface area contributed by atoms with E-state index in [0.29, 0.717) is 31.9 Å². The summed E-state index contributed by atoms with van der Waals surface area (Å²) < 4.78 is 13.0. The predicted octanol–water partition coefficient (Wildman–Crippen LogP) is 2.88. The minimum absolute atomic E-state index is 0.172. The Hall–Kier alpha value is -2.90. The van der Waals surface area contributed by atoms with Crippen molar-refractivity contribution in [1.82, 2.24) is 14.9 Å². The van der Waals surface area contributed by atoms with Gasteiger partial charge in [-0.05, 0) is 44.0 Å². The molecule has 7 nitrogen and oxygen atoms in total. The molecular formula is C20H25FN6O. The van der Waals surface area contributed by atoms with Gasteiger partial charge < -0.3 is 20.0 Å². The Morgan fingerprint density at radius 2 is 1.64 bits per heavy atom. The van der Waals surface area contributed by atoms with Gasteiger partial charge in [-0.25, -0.2) is 14.2 Å². The Labute approximate surface area is 164 Å². The van der Waals surface area contributed by atoms with Gasteiger partial charge in [0.2, 0.25) is 5.95 Å². The van der Waals surface area contributed by atoms with Crippen molar-refractivity contribution in [3.05, 3.63) is 41.8 Å². The number of aromatic nitrogens is 2. The zero-order valence-electron chi connectivity index (χ0n) is 16.1. The molecule has 1 aromatic carbocycles. The standard InChI is InChI=1S/C20H25FN6O/c1-15-14-18(25-8-2-3-9-25)24-19(22-15)26-10-12-27(13-11-26)20(28)23-17-6-4-16(21)5-7-17/h4-7,14H,2-3,8-13H2,1H3,(H,23,28). The second-order valence-electron chi connectivity index (χ2n) is 7.27. The number of aryl methyl sites for hydroxylation is 1. The molecule has 1 N–H and O–H groups in total. The van der Waals surface area contributed by atoms with Crippen molar-refractivity contribution in [2.24, 2.45) is 0 Å². The van der Waals surface area contributed by atoms with Gasteiger partial charge in [0, 0.05) is 56.7 Å². The second kappa shape index (κ2) is 8.00. The summed E-state index contributed by atoms with van der Waals surface area (Å²) in [6.45, 7) is 6.63. The fraction of sp³-hybridized carbons (Fsp3) is 0.450. The summed E-state index contributed by atoms with van der Waals surface area (Å²) in [5.41, 5.74) is 1.55. The van der Waals surface area contributed by atoms with E-state index >= 15 is 0 Å². The van der Waals surface area contributed by atoms with E-state index in [0.717, 1.165) is 30.5 Å². The molecule has 3 heterocycles. The van der Waals surface area contributed by atoms with E-state index in [9.17, 15) is 9.18 Å². The van der Waals surface area contributed by atoms with Gasteiger partial charge in [-0.2, -0.15) is 4.98 Å². The summed E-state index contributed by atoms with van der Waals surface area (Å²) in [4.78, 5) is 28.0. The Bertz CT molecular complexity index is 829. The largest absolute Gasteiger partial charge is 0.356 e. The molecule has 0 saturated carbocycles. The lowest BCUT2D eigenvalue weighted by Crippen LogP contribution is -2.50. The minimum Gasteiger partial charge on any atom is -0.356 e. The normalized spacial score (nSPS) is 17.1.